The minimum Gasteiger partial charge on any atom is -0.313 e. The maximum Gasteiger partial charge on any atom is 0.402 e. The topological polar surface area (TPSA) is 58.2 Å². The number of rotatable bonds is 6. The van der Waals surface area contributed by atoms with Crippen molar-refractivity contribution in [2.45, 2.75) is 24.5 Å². The Morgan fingerprint density at radius 1 is 1.24 bits per heavy atom. The molecule has 0 aromatic heterocycles. The van der Waals surface area contributed by atoms with Gasteiger partial charge in [-0.1, -0.05) is 30.1 Å². The fourth-order valence-corrected chi connectivity index (χ4v) is 3.37. The summed E-state index contributed by atoms with van der Waals surface area (Å²) in [6, 6.07) is 2.35. The van der Waals surface area contributed by atoms with E-state index in [-0.39, 0.29) is 16.6 Å². The summed E-state index contributed by atoms with van der Waals surface area (Å²) in [5, 5.41) is 2.95. The van der Waals surface area contributed by atoms with E-state index in [1.54, 1.807) is 0 Å². The molecule has 10 heteroatoms. The SMILES string of the molecule is CCNCc1c(Cl)ccc(S(=O)(=O)NCC(F)(F)F)c1Cl. The lowest BCUT2D eigenvalue weighted by Gasteiger charge is -2.14. The van der Waals surface area contributed by atoms with Crippen LogP contribution in [0.4, 0.5) is 13.2 Å². The molecule has 0 saturated heterocycles. The van der Waals surface area contributed by atoms with E-state index in [1.807, 2.05) is 6.92 Å². The Morgan fingerprint density at radius 2 is 1.86 bits per heavy atom. The lowest BCUT2D eigenvalue weighted by molar-refractivity contribution is -0.121. The van der Waals surface area contributed by atoms with E-state index in [9.17, 15) is 21.6 Å². The van der Waals surface area contributed by atoms with Crippen molar-refractivity contribution < 1.29 is 21.6 Å². The van der Waals surface area contributed by atoms with Crippen LogP contribution < -0.4 is 10.0 Å². The van der Waals surface area contributed by atoms with Gasteiger partial charge in [0.25, 0.3) is 0 Å². The molecule has 0 aliphatic rings. The number of alkyl halides is 3. The fraction of sp³-hybridized carbons (Fsp3) is 0.455. The summed E-state index contributed by atoms with van der Waals surface area (Å²) in [7, 11) is -4.38. The van der Waals surface area contributed by atoms with Gasteiger partial charge in [0.15, 0.2) is 0 Å². The van der Waals surface area contributed by atoms with Gasteiger partial charge >= 0.3 is 6.18 Å². The molecular formula is C11H13Cl2F3N2O2S. The van der Waals surface area contributed by atoms with Crippen LogP contribution in [0, 0.1) is 0 Å². The second-order valence-electron chi connectivity index (χ2n) is 4.06. The standard InChI is InChI=1S/C11H13Cl2F3N2O2S/c1-2-17-5-7-8(12)3-4-9(10(7)13)21(19,20)18-6-11(14,15)16/h3-4,17-18H,2,5-6H2,1H3. The molecule has 0 bridgehead atoms. The average Bonchev–Trinajstić information content (AvgIpc) is 2.35. The number of nitrogens with one attached hydrogen (secondary N) is 2. The summed E-state index contributed by atoms with van der Waals surface area (Å²) < 4.78 is 61.6. The van der Waals surface area contributed by atoms with Gasteiger partial charge in [-0.25, -0.2) is 13.1 Å². The summed E-state index contributed by atoms with van der Waals surface area (Å²) in [5.74, 6) is 0. The van der Waals surface area contributed by atoms with E-state index in [2.05, 4.69) is 5.32 Å². The number of benzene rings is 1. The Hall–Kier alpha value is -0.540. The third-order valence-corrected chi connectivity index (χ3v) is 4.80. The minimum absolute atomic E-state index is 0.196. The summed E-state index contributed by atoms with van der Waals surface area (Å²) in [6.45, 7) is 0.955. The average molecular weight is 365 g/mol. The smallest absolute Gasteiger partial charge is 0.313 e. The van der Waals surface area contributed by atoms with Crippen molar-refractivity contribution in [3.8, 4) is 0 Å². The van der Waals surface area contributed by atoms with Crippen LogP contribution in [0.25, 0.3) is 0 Å². The Kier molecular flexibility index (Phi) is 6.30. The highest BCUT2D eigenvalue weighted by Gasteiger charge is 2.31. The van der Waals surface area contributed by atoms with Crippen LogP contribution in [0.5, 0.6) is 0 Å². The van der Waals surface area contributed by atoms with Crippen molar-refractivity contribution in [2.24, 2.45) is 0 Å². The van der Waals surface area contributed by atoms with Crippen molar-refractivity contribution in [3.05, 3.63) is 27.7 Å². The fourth-order valence-electron chi connectivity index (χ4n) is 1.45. The monoisotopic (exact) mass is 364 g/mol. The molecule has 1 aromatic rings. The second-order valence-corrected chi connectivity index (χ2v) is 6.58. The van der Waals surface area contributed by atoms with Crippen LogP contribution in [-0.4, -0.2) is 27.7 Å². The molecule has 21 heavy (non-hydrogen) atoms. The molecule has 2 N–H and O–H groups in total. The maximum absolute atomic E-state index is 12.1. The zero-order valence-corrected chi connectivity index (χ0v) is 13.2. The first-order chi connectivity index (χ1) is 9.58. The lowest BCUT2D eigenvalue weighted by atomic mass is 10.2. The predicted molar refractivity (Wildman–Crippen MR) is 75.1 cm³/mol. The normalized spacial score (nSPS) is 12.7. The van der Waals surface area contributed by atoms with E-state index in [1.165, 1.54) is 10.8 Å². The quantitative estimate of drug-likeness (QED) is 0.815. The van der Waals surface area contributed by atoms with Crippen LogP contribution in [0.3, 0.4) is 0 Å². The van der Waals surface area contributed by atoms with Crippen LogP contribution in [0.15, 0.2) is 17.0 Å². The van der Waals surface area contributed by atoms with Gasteiger partial charge in [-0.3, -0.25) is 0 Å². The Morgan fingerprint density at radius 3 is 2.38 bits per heavy atom. The molecule has 0 amide bonds. The Balaban J connectivity index is 3.13. The van der Waals surface area contributed by atoms with Crippen molar-refractivity contribution in [1.82, 2.24) is 10.0 Å². The molecule has 0 heterocycles. The lowest BCUT2D eigenvalue weighted by Crippen LogP contribution is -2.34. The third-order valence-electron chi connectivity index (χ3n) is 2.45. The zero-order valence-electron chi connectivity index (χ0n) is 10.9. The summed E-state index contributed by atoms with van der Waals surface area (Å²) in [4.78, 5) is -0.439. The van der Waals surface area contributed by atoms with Crippen LogP contribution in [-0.2, 0) is 16.6 Å². The molecule has 0 saturated carbocycles. The summed E-state index contributed by atoms with van der Waals surface area (Å²) in [5.41, 5.74) is 0.315. The van der Waals surface area contributed by atoms with E-state index < -0.39 is 27.6 Å². The van der Waals surface area contributed by atoms with Gasteiger partial charge in [-0.05, 0) is 18.7 Å². The molecule has 0 atom stereocenters. The van der Waals surface area contributed by atoms with Gasteiger partial charge in [0.2, 0.25) is 10.0 Å². The highest BCUT2D eigenvalue weighted by Crippen LogP contribution is 2.31. The van der Waals surface area contributed by atoms with Crippen molar-refractivity contribution >= 4 is 33.2 Å². The van der Waals surface area contributed by atoms with Gasteiger partial charge in [-0.2, -0.15) is 13.2 Å². The van der Waals surface area contributed by atoms with Gasteiger partial charge in [0.1, 0.15) is 11.4 Å². The highest BCUT2D eigenvalue weighted by molar-refractivity contribution is 7.89. The number of halogens is 5. The minimum atomic E-state index is -4.65. The molecule has 4 nitrogen and oxygen atoms in total. The molecule has 0 spiro atoms. The zero-order chi connectivity index (χ0) is 16.3. The van der Waals surface area contributed by atoms with Crippen molar-refractivity contribution in [1.29, 1.82) is 0 Å². The molecule has 0 aliphatic carbocycles. The number of hydrogen-bond acceptors (Lipinski definition) is 3. The van der Waals surface area contributed by atoms with Crippen molar-refractivity contribution in [2.75, 3.05) is 13.1 Å². The first kappa shape index (κ1) is 18.5. The van der Waals surface area contributed by atoms with Gasteiger partial charge in [-0.15, -0.1) is 0 Å². The Labute approximate surface area is 130 Å². The third kappa shape index (κ3) is 5.30. The van der Waals surface area contributed by atoms with E-state index in [4.69, 9.17) is 23.2 Å². The maximum atomic E-state index is 12.1. The molecule has 0 radical (unpaired) electrons. The summed E-state index contributed by atoms with van der Waals surface area (Å²) >= 11 is 11.9. The first-order valence-corrected chi connectivity index (χ1v) is 8.06. The van der Waals surface area contributed by atoms with Gasteiger partial charge < -0.3 is 5.32 Å². The van der Waals surface area contributed by atoms with Crippen LogP contribution >= 0.6 is 23.2 Å². The molecule has 0 unspecified atom stereocenters. The predicted octanol–water partition coefficient (Wildman–Crippen LogP) is 2.94. The largest absolute Gasteiger partial charge is 0.402 e. The highest BCUT2D eigenvalue weighted by atomic mass is 35.5. The van der Waals surface area contributed by atoms with Gasteiger partial charge in [0.05, 0.1) is 5.02 Å². The van der Waals surface area contributed by atoms with Gasteiger partial charge in [0, 0.05) is 17.1 Å². The molecule has 1 rings (SSSR count). The van der Waals surface area contributed by atoms with Crippen LogP contribution in [0.1, 0.15) is 12.5 Å². The molecule has 120 valence electrons. The number of hydrogen-bond donors (Lipinski definition) is 2. The van der Waals surface area contributed by atoms with E-state index >= 15 is 0 Å². The molecule has 1 aromatic carbocycles. The summed E-state index contributed by atoms with van der Waals surface area (Å²) in [6.07, 6.45) is -4.65. The Bertz CT molecular complexity index is 606. The number of sulfonamides is 1. The van der Waals surface area contributed by atoms with E-state index in [0.29, 0.717) is 12.1 Å². The molecular weight excluding hydrogens is 352 g/mol. The van der Waals surface area contributed by atoms with E-state index in [0.717, 1.165) is 6.07 Å². The second kappa shape index (κ2) is 7.15. The molecule has 0 aliphatic heterocycles. The molecule has 0 fully saturated rings. The van der Waals surface area contributed by atoms with Crippen molar-refractivity contribution in [3.63, 3.8) is 0 Å². The first-order valence-electron chi connectivity index (χ1n) is 5.82. The van der Waals surface area contributed by atoms with Crippen LogP contribution in [0.2, 0.25) is 10.0 Å².